The van der Waals surface area contributed by atoms with Crippen molar-refractivity contribution < 1.29 is 0 Å². The standard InChI is InChI=1S/C33H23N.3C2H6/c1-2-6-22-16-26(15-21(22)5-1)28-13-11-20-9-10-24-17-27(18-25-12-14-29(28)33(20)32(24)25)31-19-23-7-3-4-8-30(23)34-31;3*1-2/h1-15,17-18,31,34H,16,19H2;3*1-2H3. The second-order valence-electron chi connectivity index (χ2n) is 9.84. The van der Waals surface area contributed by atoms with Crippen molar-refractivity contribution in [2.45, 2.75) is 60.4 Å². The maximum absolute atomic E-state index is 3.74. The van der Waals surface area contributed by atoms with Gasteiger partial charge in [-0.2, -0.15) is 0 Å². The molecule has 0 radical (unpaired) electrons. The maximum Gasteiger partial charge on any atom is 0.0555 e. The highest BCUT2D eigenvalue weighted by molar-refractivity contribution is 6.25. The maximum atomic E-state index is 3.74. The van der Waals surface area contributed by atoms with Crippen LogP contribution in [-0.4, -0.2) is 0 Å². The molecule has 1 heterocycles. The Balaban J connectivity index is 0.000000507. The van der Waals surface area contributed by atoms with Crippen LogP contribution >= 0.6 is 0 Å². The van der Waals surface area contributed by atoms with Crippen molar-refractivity contribution in [3.05, 3.63) is 125 Å². The minimum absolute atomic E-state index is 0.331. The van der Waals surface area contributed by atoms with E-state index in [1.807, 2.05) is 41.5 Å². The van der Waals surface area contributed by atoms with Crippen LogP contribution in [0, 0.1) is 0 Å². The molecule has 6 aromatic rings. The van der Waals surface area contributed by atoms with Crippen LogP contribution in [0.3, 0.4) is 0 Å². The van der Waals surface area contributed by atoms with Crippen molar-refractivity contribution in [1.29, 1.82) is 0 Å². The topological polar surface area (TPSA) is 12.0 Å². The third-order valence-corrected chi connectivity index (χ3v) is 7.91. The molecule has 0 aromatic heterocycles. The summed E-state index contributed by atoms with van der Waals surface area (Å²) in [4.78, 5) is 0. The summed E-state index contributed by atoms with van der Waals surface area (Å²) >= 11 is 0. The first-order valence-corrected chi connectivity index (χ1v) is 15.2. The summed E-state index contributed by atoms with van der Waals surface area (Å²) in [5.41, 5.74) is 9.64. The van der Waals surface area contributed by atoms with E-state index in [1.54, 1.807) is 0 Å². The largest absolute Gasteiger partial charge is 0.378 e. The van der Waals surface area contributed by atoms with Crippen LogP contribution in [0.4, 0.5) is 5.69 Å². The summed E-state index contributed by atoms with van der Waals surface area (Å²) in [5.74, 6) is 0. The smallest absolute Gasteiger partial charge is 0.0555 e. The Morgan fingerprint density at radius 2 is 1.23 bits per heavy atom. The van der Waals surface area contributed by atoms with Gasteiger partial charge in [0.2, 0.25) is 0 Å². The number of fused-ring (bicyclic) bond motifs is 2. The average molecular weight is 524 g/mol. The highest BCUT2D eigenvalue weighted by atomic mass is 14.9. The van der Waals surface area contributed by atoms with Gasteiger partial charge in [0.1, 0.15) is 0 Å². The molecular weight excluding hydrogens is 482 g/mol. The molecule has 1 atom stereocenters. The second-order valence-corrected chi connectivity index (χ2v) is 9.84. The van der Waals surface area contributed by atoms with E-state index in [1.165, 1.54) is 71.4 Å². The zero-order valence-electron chi connectivity index (χ0n) is 24.8. The van der Waals surface area contributed by atoms with Crippen molar-refractivity contribution >= 4 is 49.7 Å². The predicted molar refractivity (Wildman–Crippen MR) is 179 cm³/mol. The van der Waals surface area contributed by atoms with Crippen LogP contribution in [0.1, 0.15) is 75.4 Å². The molecule has 0 saturated heterocycles. The van der Waals surface area contributed by atoms with Gasteiger partial charge in [0, 0.05) is 5.69 Å². The van der Waals surface area contributed by atoms with Crippen molar-refractivity contribution in [3.63, 3.8) is 0 Å². The monoisotopic (exact) mass is 523 g/mol. The minimum Gasteiger partial charge on any atom is -0.378 e. The predicted octanol–water partition coefficient (Wildman–Crippen LogP) is 11.5. The molecule has 40 heavy (non-hydrogen) atoms. The molecule has 1 nitrogen and oxygen atoms in total. The van der Waals surface area contributed by atoms with Crippen molar-refractivity contribution in [2.75, 3.05) is 5.32 Å². The fourth-order valence-electron chi connectivity index (χ4n) is 6.28. The van der Waals surface area contributed by atoms with E-state index in [9.17, 15) is 0 Å². The normalized spacial score (nSPS) is 14.7. The Labute approximate surface area is 239 Å². The Hall–Kier alpha value is -4.10. The van der Waals surface area contributed by atoms with Crippen LogP contribution in [0.2, 0.25) is 0 Å². The van der Waals surface area contributed by atoms with E-state index < -0.39 is 0 Å². The van der Waals surface area contributed by atoms with E-state index in [0.29, 0.717) is 6.04 Å². The number of hydrogen-bond donors (Lipinski definition) is 1. The lowest BCUT2D eigenvalue weighted by Crippen LogP contribution is -2.05. The number of benzene rings is 6. The first-order valence-electron chi connectivity index (χ1n) is 15.2. The quantitative estimate of drug-likeness (QED) is 0.223. The number of rotatable bonds is 2. The Morgan fingerprint density at radius 1 is 0.600 bits per heavy atom. The Kier molecular flexibility index (Phi) is 8.21. The molecule has 0 spiro atoms. The fraction of sp³-hybridized carbons (Fsp3) is 0.231. The zero-order chi connectivity index (χ0) is 28.2. The molecule has 202 valence electrons. The first-order chi connectivity index (χ1) is 19.8. The van der Waals surface area contributed by atoms with Gasteiger partial charge < -0.3 is 5.32 Å². The van der Waals surface area contributed by atoms with Crippen LogP contribution < -0.4 is 5.32 Å². The van der Waals surface area contributed by atoms with Gasteiger partial charge >= 0.3 is 0 Å². The van der Waals surface area contributed by atoms with Gasteiger partial charge in [-0.05, 0) is 96.7 Å². The number of para-hydroxylation sites is 1. The lowest BCUT2D eigenvalue weighted by Gasteiger charge is -2.18. The molecule has 1 aliphatic carbocycles. The van der Waals surface area contributed by atoms with Crippen molar-refractivity contribution in [2.24, 2.45) is 0 Å². The molecule has 2 aliphatic rings. The molecule has 1 heteroatoms. The summed E-state index contributed by atoms with van der Waals surface area (Å²) in [7, 11) is 0. The van der Waals surface area contributed by atoms with Crippen molar-refractivity contribution in [1.82, 2.24) is 0 Å². The molecule has 6 aromatic carbocycles. The summed E-state index contributed by atoms with van der Waals surface area (Å²) < 4.78 is 0. The summed E-state index contributed by atoms with van der Waals surface area (Å²) in [5, 5.41) is 11.9. The van der Waals surface area contributed by atoms with Gasteiger partial charge in [-0.25, -0.2) is 0 Å². The third-order valence-electron chi connectivity index (χ3n) is 7.91. The third kappa shape index (κ3) is 4.64. The highest BCUT2D eigenvalue weighted by Crippen LogP contribution is 2.42. The molecule has 1 aliphatic heterocycles. The minimum atomic E-state index is 0.331. The highest BCUT2D eigenvalue weighted by Gasteiger charge is 2.23. The molecule has 0 bridgehead atoms. The van der Waals surface area contributed by atoms with Gasteiger partial charge in [0.25, 0.3) is 0 Å². The van der Waals surface area contributed by atoms with Gasteiger partial charge in [0.05, 0.1) is 6.04 Å². The van der Waals surface area contributed by atoms with Gasteiger partial charge in [-0.15, -0.1) is 0 Å². The molecule has 0 amide bonds. The Morgan fingerprint density at radius 3 is 1.95 bits per heavy atom. The zero-order valence-corrected chi connectivity index (χ0v) is 24.8. The molecule has 1 N–H and O–H groups in total. The van der Waals surface area contributed by atoms with Crippen LogP contribution in [0.25, 0.3) is 44.0 Å². The van der Waals surface area contributed by atoms with E-state index in [-0.39, 0.29) is 0 Å². The van der Waals surface area contributed by atoms with Gasteiger partial charge in [-0.1, -0.05) is 126 Å². The number of nitrogens with one attached hydrogen (secondary N) is 1. The lowest BCUT2D eigenvalue weighted by molar-refractivity contribution is 0.827. The van der Waals surface area contributed by atoms with Gasteiger partial charge in [-0.3, -0.25) is 0 Å². The Bertz CT molecular complexity index is 1740. The van der Waals surface area contributed by atoms with Crippen LogP contribution in [-0.2, 0) is 12.8 Å². The van der Waals surface area contributed by atoms with E-state index in [4.69, 9.17) is 0 Å². The fourth-order valence-corrected chi connectivity index (χ4v) is 6.28. The van der Waals surface area contributed by atoms with Crippen LogP contribution in [0.15, 0.2) is 97.1 Å². The van der Waals surface area contributed by atoms with E-state index in [2.05, 4.69) is 108 Å². The first kappa shape index (κ1) is 27.5. The van der Waals surface area contributed by atoms with E-state index in [0.717, 1.165) is 12.8 Å². The number of allylic oxidation sites excluding steroid dienone is 1. The molecule has 8 rings (SSSR count). The molecular formula is C39H41N. The summed E-state index contributed by atoms with van der Waals surface area (Å²) in [6.07, 6.45) is 4.43. The lowest BCUT2D eigenvalue weighted by atomic mass is 9.87. The summed E-state index contributed by atoms with van der Waals surface area (Å²) in [6.45, 7) is 12.0. The molecule has 0 fully saturated rings. The molecule has 1 unspecified atom stereocenters. The van der Waals surface area contributed by atoms with Gasteiger partial charge in [0.15, 0.2) is 0 Å². The molecule has 0 saturated carbocycles. The second kappa shape index (κ2) is 12.0. The number of anilines is 1. The van der Waals surface area contributed by atoms with Crippen molar-refractivity contribution in [3.8, 4) is 0 Å². The average Bonchev–Trinajstić information content (AvgIpc) is 3.67. The summed E-state index contributed by atoms with van der Waals surface area (Å²) in [6, 6.07) is 36.5. The van der Waals surface area contributed by atoms with Crippen LogP contribution in [0.5, 0.6) is 0 Å². The van der Waals surface area contributed by atoms with E-state index >= 15 is 0 Å². The number of hydrogen-bond acceptors (Lipinski definition) is 1. The SMILES string of the molecule is C1=C(c2ccc3ccc4cc(C5Cc6ccccc6N5)cc5ccc2c3c45)Cc2ccccc21.CC.CC.CC.